The molecule has 0 atom stereocenters. The lowest BCUT2D eigenvalue weighted by molar-refractivity contribution is 0.0697. The van der Waals surface area contributed by atoms with Gasteiger partial charge in [0.15, 0.2) is 0 Å². The third-order valence-corrected chi connectivity index (χ3v) is 7.60. The van der Waals surface area contributed by atoms with Crippen LogP contribution in [0.3, 0.4) is 0 Å². The predicted octanol–water partition coefficient (Wildman–Crippen LogP) is 4.17. The minimum Gasteiger partial charge on any atom is -0.478 e. The van der Waals surface area contributed by atoms with Crippen LogP contribution in [0.2, 0.25) is 5.02 Å². The van der Waals surface area contributed by atoms with E-state index >= 15 is 0 Å². The van der Waals surface area contributed by atoms with Crippen LogP contribution in [0, 0.1) is 5.82 Å². The van der Waals surface area contributed by atoms with E-state index in [1.807, 2.05) is 6.07 Å². The molecule has 2 aliphatic heterocycles. The molecule has 10 nitrogen and oxygen atoms in total. The summed E-state index contributed by atoms with van der Waals surface area (Å²) in [6.07, 6.45) is 1.64. The zero-order valence-corrected chi connectivity index (χ0v) is 23.1. The lowest BCUT2D eigenvalue weighted by Crippen LogP contribution is -2.31. The minimum absolute atomic E-state index is 0.00292. The first-order chi connectivity index (χ1) is 19.9. The summed E-state index contributed by atoms with van der Waals surface area (Å²) in [5, 5.41) is 9.78. The molecular weight excluding hydrogens is 551 g/mol. The largest absolute Gasteiger partial charge is 0.478 e. The number of halogens is 2. The highest BCUT2D eigenvalue weighted by Gasteiger charge is 2.31. The molecule has 0 saturated heterocycles. The van der Waals surface area contributed by atoms with Gasteiger partial charge in [0.05, 0.1) is 29.7 Å². The van der Waals surface area contributed by atoms with E-state index in [1.165, 1.54) is 17.2 Å². The minimum atomic E-state index is -0.963. The van der Waals surface area contributed by atoms with Gasteiger partial charge < -0.3 is 24.0 Å². The quantitative estimate of drug-likeness (QED) is 0.277. The molecular formula is C29H28ClFN6O4. The Balaban J connectivity index is 1.10. The molecule has 2 aliphatic rings. The van der Waals surface area contributed by atoms with Crippen molar-refractivity contribution in [2.45, 2.75) is 19.7 Å². The maximum absolute atomic E-state index is 14.1. The molecule has 2 aromatic heterocycles. The van der Waals surface area contributed by atoms with Crippen molar-refractivity contribution in [2.75, 3.05) is 44.8 Å². The van der Waals surface area contributed by atoms with Crippen molar-refractivity contribution in [1.82, 2.24) is 24.4 Å². The summed E-state index contributed by atoms with van der Waals surface area (Å²) in [5.74, 6) is 0.239. The van der Waals surface area contributed by atoms with Gasteiger partial charge in [-0.3, -0.25) is 4.90 Å². The number of carboxylic acids is 1. The average molecular weight is 579 g/mol. The molecule has 0 aliphatic carbocycles. The van der Waals surface area contributed by atoms with Gasteiger partial charge in [0.25, 0.3) is 0 Å². The van der Waals surface area contributed by atoms with Crippen molar-refractivity contribution in [3.8, 4) is 6.01 Å². The molecule has 4 heterocycles. The fourth-order valence-electron chi connectivity index (χ4n) is 5.35. The molecule has 41 heavy (non-hydrogen) atoms. The number of anilines is 1. The number of aromatic carboxylic acids is 1. The van der Waals surface area contributed by atoms with E-state index in [-0.39, 0.29) is 18.2 Å². The van der Waals surface area contributed by atoms with E-state index in [2.05, 4.69) is 24.3 Å². The summed E-state index contributed by atoms with van der Waals surface area (Å²) >= 11 is 5.83. The Morgan fingerprint density at radius 1 is 1.07 bits per heavy atom. The number of hydrogen-bond donors (Lipinski definition) is 1. The average Bonchev–Trinajstić information content (AvgIpc) is 3.62. The van der Waals surface area contributed by atoms with Gasteiger partial charge in [-0.05, 0) is 47.5 Å². The monoisotopic (exact) mass is 578 g/mol. The molecule has 0 amide bonds. The molecule has 0 radical (unpaired) electrons. The zero-order chi connectivity index (χ0) is 28.5. The number of hydrogen-bond acceptors (Lipinski definition) is 8. The Hall–Kier alpha value is -4.06. The van der Waals surface area contributed by atoms with E-state index in [0.717, 1.165) is 48.9 Å². The lowest BCUT2D eigenvalue weighted by atomic mass is 10.2. The Morgan fingerprint density at radius 2 is 1.88 bits per heavy atom. The topological polar surface area (TPSA) is 106 Å². The number of rotatable bonds is 10. The van der Waals surface area contributed by atoms with E-state index in [0.29, 0.717) is 30.3 Å². The van der Waals surface area contributed by atoms with Gasteiger partial charge in [-0.1, -0.05) is 17.7 Å². The van der Waals surface area contributed by atoms with Crippen molar-refractivity contribution in [1.29, 1.82) is 0 Å². The summed E-state index contributed by atoms with van der Waals surface area (Å²) in [5.41, 5.74) is 4.88. The molecule has 2 aromatic carbocycles. The SMILES string of the molecule is COCCn1c(CN2CC3=C(C2)CN(c2ccnc(OCc4ccc(Cl)cc4F)n2)C3)nc2ccc(C(=O)O)cc21. The van der Waals surface area contributed by atoms with E-state index in [1.54, 1.807) is 43.6 Å². The van der Waals surface area contributed by atoms with Crippen LogP contribution in [0.1, 0.15) is 21.7 Å². The first kappa shape index (κ1) is 27.1. The molecule has 12 heteroatoms. The first-order valence-corrected chi connectivity index (χ1v) is 13.5. The third-order valence-electron chi connectivity index (χ3n) is 7.37. The van der Waals surface area contributed by atoms with Crippen LogP contribution >= 0.6 is 11.6 Å². The lowest BCUT2D eigenvalue weighted by Gasteiger charge is -2.23. The van der Waals surface area contributed by atoms with Gasteiger partial charge in [-0.2, -0.15) is 4.98 Å². The van der Waals surface area contributed by atoms with Crippen LogP contribution in [0.4, 0.5) is 10.2 Å². The van der Waals surface area contributed by atoms with Crippen molar-refractivity contribution in [3.63, 3.8) is 0 Å². The Labute approximate surface area is 240 Å². The number of methoxy groups -OCH3 is 1. The fourth-order valence-corrected chi connectivity index (χ4v) is 5.51. The molecule has 212 valence electrons. The molecule has 0 unspecified atom stereocenters. The van der Waals surface area contributed by atoms with Gasteiger partial charge in [0.1, 0.15) is 24.1 Å². The van der Waals surface area contributed by atoms with Crippen molar-refractivity contribution >= 4 is 34.4 Å². The normalized spacial score (nSPS) is 15.2. The van der Waals surface area contributed by atoms with Gasteiger partial charge >= 0.3 is 12.0 Å². The Morgan fingerprint density at radius 3 is 2.61 bits per heavy atom. The number of nitrogens with zero attached hydrogens (tertiary/aromatic N) is 6. The summed E-state index contributed by atoms with van der Waals surface area (Å²) in [7, 11) is 1.65. The molecule has 0 spiro atoms. The number of carboxylic acid groups (broad SMARTS) is 1. The molecule has 1 N–H and O–H groups in total. The second kappa shape index (κ2) is 11.4. The zero-order valence-electron chi connectivity index (χ0n) is 22.4. The number of fused-ring (bicyclic) bond motifs is 1. The standard InChI is InChI=1S/C29H28ClFN6O4/c1-40-9-8-37-25-10-18(28(38)39)3-5-24(25)33-27(37)16-35-12-20-14-36(15-21(20)13-35)26-6-7-32-29(34-26)41-17-19-2-4-22(30)11-23(19)31/h2-7,10-11H,8-9,12-17H2,1H3,(H,38,39). The van der Waals surface area contributed by atoms with E-state index in [9.17, 15) is 14.3 Å². The summed E-state index contributed by atoms with van der Waals surface area (Å²) in [6.45, 7) is 4.84. The summed E-state index contributed by atoms with van der Waals surface area (Å²) < 4.78 is 27.1. The fraction of sp³-hybridized carbons (Fsp3) is 0.310. The number of ether oxygens (including phenoxy) is 2. The molecule has 0 fully saturated rings. The van der Waals surface area contributed by atoms with Crippen LogP contribution in [0.5, 0.6) is 6.01 Å². The Kier molecular flexibility index (Phi) is 7.57. The second-order valence-corrected chi connectivity index (χ2v) is 10.5. The molecule has 0 bridgehead atoms. The molecule has 6 rings (SSSR count). The maximum Gasteiger partial charge on any atom is 0.335 e. The highest BCUT2D eigenvalue weighted by atomic mass is 35.5. The highest BCUT2D eigenvalue weighted by Crippen LogP contribution is 2.30. The van der Waals surface area contributed by atoms with Crippen molar-refractivity contribution in [3.05, 3.63) is 87.6 Å². The summed E-state index contributed by atoms with van der Waals surface area (Å²) in [6, 6.07) is 11.5. The van der Waals surface area contributed by atoms with Gasteiger partial charge in [0, 0.05) is 56.6 Å². The van der Waals surface area contributed by atoms with Crippen LogP contribution in [-0.2, 0) is 24.4 Å². The third kappa shape index (κ3) is 5.74. The predicted molar refractivity (Wildman–Crippen MR) is 151 cm³/mol. The van der Waals surface area contributed by atoms with E-state index < -0.39 is 11.8 Å². The summed E-state index contributed by atoms with van der Waals surface area (Å²) in [4.78, 5) is 29.6. The van der Waals surface area contributed by atoms with Gasteiger partial charge in [0.2, 0.25) is 0 Å². The number of carbonyl (C=O) groups is 1. The smallest absolute Gasteiger partial charge is 0.335 e. The van der Waals surface area contributed by atoms with Crippen molar-refractivity contribution in [2.24, 2.45) is 0 Å². The number of aromatic nitrogens is 4. The maximum atomic E-state index is 14.1. The van der Waals surface area contributed by atoms with Crippen molar-refractivity contribution < 1.29 is 23.8 Å². The van der Waals surface area contributed by atoms with Crippen LogP contribution in [0.15, 0.2) is 59.8 Å². The molecule has 4 aromatic rings. The Bertz CT molecular complexity index is 1640. The first-order valence-electron chi connectivity index (χ1n) is 13.2. The van der Waals surface area contributed by atoms with Crippen LogP contribution < -0.4 is 9.64 Å². The van der Waals surface area contributed by atoms with Crippen LogP contribution in [0.25, 0.3) is 11.0 Å². The number of imidazole rings is 1. The number of benzene rings is 2. The second-order valence-electron chi connectivity index (χ2n) is 10.1. The molecule has 0 saturated carbocycles. The van der Waals surface area contributed by atoms with Gasteiger partial charge in [-0.25, -0.2) is 19.2 Å². The van der Waals surface area contributed by atoms with Crippen LogP contribution in [-0.4, -0.2) is 75.4 Å². The van der Waals surface area contributed by atoms with Gasteiger partial charge in [-0.15, -0.1) is 0 Å². The highest BCUT2D eigenvalue weighted by molar-refractivity contribution is 6.30. The van der Waals surface area contributed by atoms with E-state index in [4.69, 9.17) is 26.1 Å².